The molecule has 4 nitrogen and oxygen atoms in total. The zero-order valence-corrected chi connectivity index (χ0v) is 12.5. The van der Waals surface area contributed by atoms with Crippen LogP contribution in [0.3, 0.4) is 0 Å². The van der Waals surface area contributed by atoms with Crippen LogP contribution in [0, 0.1) is 6.92 Å². The molecule has 21 heavy (non-hydrogen) atoms. The lowest BCUT2D eigenvalue weighted by atomic mass is 9.97. The van der Waals surface area contributed by atoms with Gasteiger partial charge in [0.15, 0.2) is 5.15 Å². The van der Waals surface area contributed by atoms with E-state index in [1.165, 1.54) is 0 Å². The van der Waals surface area contributed by atoms with Gasteiger partial charge in [-0.3, -0.25) is 4.79 Å². The second kappa shape index (κ2) is 5.74. The molecule has 0 saturated carbocycles. The minimum absolute atomic E-state index is 0.148. The summed E-state index contributed by atoms with van der Waals surface area (Å²) in [4.78, 5) is 16.6. The van der Waals surface area contributed by atoms with Gasteiger partial charge in [0.05, 0.1) is 5.69 Å². The molecule has 108 valence electrons. The van der Waals surface area contributed by atoms with E-state index in [1.54, 1.807) is 6.20 Å². The van der Waals surface area contributed by atoms with E-state index < -0.39 is 0 Å². The number of rotatable bonds is 2. The molecule has 0 bridgehead atoms. The lowest BCUT2D eigenvalue weighted by molar-refractivity contribution is 0.102. The van der Waals surface area contributed by atoms with Crippen molar-refractivity contribution < 1.29 is 4.79 Å². The molecule has 1 aliphatic rings. The lowest BCUT2D eigenvalue weighted by Gasteiger charge is -2.20. The Kier molecular flexibility index (Phi) is 3.80. The SMILES string of the molecule is Cc1cnc(Cl)c(NC(=O)c2cccc3c2CCCN3)c1. The number of amides is 1. The van der Waals surface area contributed by atoms with Crippen LogP contribution in [0.4, 0.5) is 11.4 Å². The fraction of sp³-hybridized carbons (Fsp3) is 0.250. The number of hydrogen-bond donors (Lipinski definition) is 2. The summed E-state index contributed by atoms with van der Waals surface area (Å²) < 4.78 is 0. The van der Waals surface area contributed by atoms with Gasteiger partial charge in [0.1, 0.15) is 0 Å². The Labute approximate surface area is 128 Å². The van der Waals surface area contributed by atoms with Crippen molar-refractivity contribution in [3.63, 3.8) is 0 Å². The number of nitrogens with one attached hydrogen (secondary N) is 2. The maximum absolute atomic E-state index is 12.5. The quantitative estimate of drug-likeness (QED) is 0.832. The number of carbonyl (C=O) groups is 1. The number of hydrogen-bond acceptors (Lipinski definition) is 3. The predicted molar refractivity (Wildman–Crippen MR) is 85.2 cm³/mol. The Morgan fingerprint density at radius 3 is 3.14 bits per heavy atom. The van der Waals surface area contributed by atoms with Gasteiger partial charge in [-0.1, -0.05) is 17.7 Å². The number of anilines is 2. The zero-order valence-electron chi connectivity index (χ0n) is 11.7. The van der Waals surface area contributed by atoms with Gasteiger partial charge < -0.3 is 10.6 Å². The van der Waals surface area contributed by atoms with Crippen LogP contribution in [0.15, 0.2) is 30.5 Å². The van der Waals surface area contributed by atoms with E-state index in [2.05, 4.69) is 15.6 Å². The second-order valence-corrected chi connectivity index (χ2v) is 5.53. The summed E-state index contributed by atoms with van der Waals surface area (Å²) in [6.07, 6.45) is 3.61. The van der Waals surface area contributed by atoms with Crippen molar-refractivity contribution in [2.45, 2.75) is 19.8 Å². The molecule has 0 aliphatic carbocycles. The highest BCUT2D eigenvalue weighted by molar-refractivity contribution is 6.32. The van der Waals surface area contributed by atoms with Crippen LogP contribution >= 0.6 is 11.6 Å². The average Bonchev–Trinajstić information content (AvgIpc) is 2.50. The predicted octanol–water partition coefficient (Wildman–Crippen LogP) is 3.65. The highest BCUT2D eigenvalue weighted by Crippen LogP contribution is 2.27. The summed E-state index contributed by atoms with van der Waals surface area (Å²) in [6.45, 7) is 2.86. The molecule has 1 aliphatic heterocycles. The lowest BCUT2D eigenvalue weighted by Crippen LogP contribution is -2.19. The molecule has 0 radical (unpaired) electrons. The molecular weight excluding hydrogens is 286 g/mol. The van der Waals surface area contributed by atoms with E-state index >= 15 is 0 Å². The topological polar surface area (TPSA) is 54.0 Å². The van der Waals surface area contributed by atoms with E-state index in [1.807, 2.05) is 31.2 Å². The third-order valence-electron chi connectivity index (χ3n) is 3.56. The number of nitrogens with zero attached hydrogens (tertiary/aromatic N) is 1. The molecular formula is C16H16ClN3O. The van der Waals surface area contributed by atoms with Crippen LogP contribution in [-0.2, 0) is 6.42 Å². The average molecular weight is 302 g/mol. The Bertz CT molecular complexity index is 700. The third kappa shape index (κ3) is 2.85. The molecule has 0 unspecified atom stereocenters. The Morgan fingerprint density at radius 2 is 2.29 bits per heavy atom. The van der Waals surface area contributed by atoms with E-state index in [0.29, 0.717) is 16.4 Å². The minimum atomic E-state index is -0.148. The van der Waals surface area contributed by atoms with Crippen LogP contribution in [-0.4, -0.2) is 17.4 Å². The maximum atomic E-state index is 12.5. The van der Waals surface area contributed by atoms with Crippen molar-refractivity contribution in [3.05, 3.63) is 52.3 Å². The molecule has 0 spiro atoms. The first-order chi connectivity index (χ1) is 10.1. The van der Waals surface area contributed by atoms with Gasteiger partial charge in [-0.25, -0.2) is 4.98 Å². The summed E-state index contributed by atoms with van der Waals surface area (Å²) in [6, 6.07) is 7.56. The molecule has 2 heterocycles. The van der Waals surface area contributed by atoms with E-state index in [-0.39, 0.29) is 5.91 Å². The van der Waals surface area contributed by atoms with Crippen LogP contribution in [0.25, 0.3) is 0 Å². The van der Waals surface area contributed by atoms with E-state index in [4.69, 9.17) is 11.6 Å². The van der Waals surface area contributed by atoms with E-state index in [9.17, 15) is 4.79 Å². The maximum Gasteiger partial charge on any atom is 0.256 e. The number of carbonyl (C=O) groups excluding carboxylic acids is 1. The van der Waals surface area contributed by atoms with Crippen LogP contribution < -0.4 is 10.6 Å². The summed E-state index contributed by atoms with van der Waals surface area (Å²) in [5.41, 5.74) is 4.30. The van der Waals surface area contributed by atoms with Crippen LogP contribution in [0.5, 0.6) is 0 Å². The summed E-state index contributed by atoms with van der Waals surface area (Å²) in [7, 11) is 0. The first-order valence-electron chi connectivity index (χ1n) is 6.94. The highest BCUT2D eigenvalue weighted by Gasteiger charge is 2.18. The van der Waals surface area contributed by atoms with E-state index in [0.717, 1.165) is 36.2 Å². The van der Waals surface area contributed by atoms with Gasteiger partial charge in [0.25, 0.3) is 5.91 Å². The molecule has 2 aromatic rings. The molecule has 0 saturated heterocycles. The normalized spacial score (nSPS) is 13.2. The molecule has 1 aromatic heterocycles. The molecule has 5 heteroatoms. The Balaban J connectivity index is 1.91. The van der Waals surface area contributed by atoms with Crippen LogP contribution in [0.2, 0.25) is 5.15 Å². The number of benzene rings is 1. The molecule has 1 aromatic carbocycles. The Morgan fingerprint density at radius 1 is 1.43 bits per heavy atom. The van der Waals surface area contributed by atoms with Gasteiger partial charge >= 0.3 is 0 Å². The minimum Gasteiger partial charge on any atom is -0.385 e. The van der Waals surface area contributed by atoms with Gasteiger partial charge in [-0.2, -0.15) is 0 Å². The smallest absolute Gasteiger partial charge is 0.256 e. The van der Waals surface area contributed by atoms with Gasteiger partial charge in [0, 0.05) is 24.0 Å². The van der Waals surface area contributed by atoms with Gasteiger partial charge in [-0.05, 0) is 49.1 Å². The summed E-state index contributed by atoms with van der Waals surface area (Å²) in [5, 5.41) is 6.48. The monoisotopic (exact) mass is 301 g/mol. The number of aryl methyl sites for hydroxylation is 1. The van der Waals surface area contributed by atoms with Crippen molar-refractivity contribution in [3.8, 4) is 0 Å². The van der Waals surface area contributed by atoms with Gasteiger partial charge in [-0.15, -0.1) is 0 Å². The summed E-state index contributed by atoms with van der Waals surface area (Å²) in [5.74, 6) is -0.148. The molecule has 2 N–H and O–H groups in total. The fourth-order valence-corrected chi connectivity index (χ4v) is 2.70. The third-order valence-corrected chi connectivity index (χ3v) is 3.86. The standard InChI is InChI=1S/C16H16ClN3O/c1-10-8-14(15(17)19-9-10)20-16(21)12-4-2-6-13-11(12)5-3-7-18-13/h2,4,6,8-9,18H,3,5,7H2,1H3,(H,20,21). The number of halogens is 1. The van der Waals surface area contributed by atoms with Gasteiger partial charge in [0.2, 0.25) is 0 Å². The largest absolute Gasteiger partial charge is 0.385 e. The molecule has 0 fully saturated rings. The van der Waals surface area contributed by atoms with Crippen molar-refractivity contribution >= 4 is 28.9 Å². The fourth-order valence-electron chi connectivity index (χ4n) is 2.55. The first-order valence-corrected chi connectivity index (χ1v) is 7.32. The molecule has 0 atom stereocenters. The van der Waals surface area contributed by atoms with Crippen molar-refractivity contribution in [1.29, 1.82) is 0 Å². The number of pyridine rings is 1. The number of fused-ring (bicyclic) bond motifs is 1. The first kappa shape index (κ1) is 13.9. The summed E-state index contributed by atoms with van der Waals surface area (Å²) >= 11 is 6.03. The number of aromatic nitrogens is 1. The van der Waals surface area contributed by atoms with Crippen molar-refractivity contribution in [1.82, 2.24) is 4.98 Å². The zero-order chi connectivity index (χ0) is 14.8. The molecule has 3 rings (SSSR count). The van der Waals surface area contributed by atoms with Crippen molar-refractivity contribution in [2.24, 2.45) is 0 Å². The van der Waals surface area contributed by atoms with Crippen LogP contribution in [0.1, 0.15) is 27.9 Å². The highest BCUT2D eigenvalue weighted by atomic mass is 35.5. The van der Waals surface area contributed by atoms with Crippen molar-refractivity contribution in [2.75, 3.05) is 17.2 Å². The Hall–Kier alpha value is -2.07. The second-order valence-electron chi connectivity index (χ2n) is 5.17. The molecule has 1 amide bonds.